The number of para-hydroxylation sites is 1. The maximum Gasteiger partial charge on any atom is 0.0740 e. The van der Waals surface area contributed by atoms with Gasteiger partial charge in [-0.15, -0.1) is 0 Å². The van der Waals surface area contributed by atoms with Crippen molar-refractivity contribution in [2.75, 3.05) is 6.61 Å². The molecule has 2 unspecified atom stereocenters. The van der Waals surface area contributed by atoms with E-state index in [1.54, 1.807) is 22.3 Å². The molecule has 0 amide bonds. The number of fused-ring (bicyclic) bond motifs is 5. The second kappa shape index (κ2) is 11.9. The molecule has 0 saturated heterocycles. The van der Waals surface area contributed by atoms with Crippen LogP contribution in [0.4, 0.5) is 0 Å². The number of aromatic nitrogens is 1. The molecule has 3 heteroatoms. The van der Waals surface area contributed by atoms with Gasteiger partial charge in [-0.2, -0.15) is 0 Å². The highest BCUT2D eigenvalue weighted by Crippen LogP contribution is 2.54. The second-order valence-corrected chi connectivity index (χ2v) is 20.1. The molecule has 1 aromatic heterocycles. The first-order valence-electron chi connectivity index (χ1n) is 17.5. The fraction of sp³-hybridized carbons (Fsp3) is 0.429. The lowest BCUT2D eigenvalue weighted by molar-refractivity contribution is -0.00471. The minimum atomic E-state index is -1.81. The third-order valence-corrected chi connectivity index (χ3v) is 16.6. The summed E-state index contributed by atoms with van der Waals surface area (Å²) in [7, 11) is 0.399. The lowest BCUT2D eigenvalue weighted by Crippen LogP contribution is -2.42. The van der Waals surface area contributed by atoms with E-state index in [1.165, 1.54) is 89.5 Å². The number of unbranched alkanes of at least 4 members (excludes halogenated alkanes) is 3. The molecule has 1 heterocycles. The van der Waals surface area contributed by atoms with E-state index in [2.05, 4.69) is 125 Å². The van der Waals surface area contributed by atoms with E-state index in [1.807, 2.05) is 0 Å². The first-order valence-corrected chi connectivity index (χ1v) is 20.4. The Kier molecular flexibility index (Phi) is 8.07. The fourth-order valence-electron chi connectivity index (χ4n) is 8.98. The highest BCUT2D eigenvalue weighted by Gasteiger charge is 2.46. The van der Waals surface area contributed by atoms with E-state index in [0.29, 0.717) is 11.1 Å². The van der Waals surface area contributed by atoms with E-state index in [9.17, 15) is 0 Å². The molecule has 0 fully saturated rings. The van der Waals surface area contributed by atoms with Gasteiger partial charge in [0.1, 0.15) is 0 Å². The van der Waals surface area contributed by atoms with Crippen molar-refractivity contribution in [3.8, 4) is 11.1 Å². The van der Waals surface area contributed by atoms with Gasteiger partial charge in [0.05, 0.1) is 13.7 Å². The van der Waals surface area contributed by atoms with Crippen molar-refractivity contribution in [3.63, 3.8) is 0 Å². The van der Waals surface area contributed by atoms with E-state index < -0.39 is 8.07 Å². The van der Waals surface area contributed by atoms with Crippen LogP contribution in [0.25, 0.3) is 39.0 Å². The normalized spacial score (nSPS) is 19.1. The predicted octanol–water partition coefficient (Wildman–Crippen LogP) is 11.5. The Hall–Kier alpha value is -3.14. The van der Waals surface area contributed by atoms with Crippen LogP contribution in [0.5, 0.6) is 0 Å². The second-order valence-electron chi connectivity index (χ2n) is 15.3. The van der Waals surface area contributed by atoms with Crippen molar-refractivity contribution >= 4 is 36.0 Å². The number of ether oxygens (including phenoxy) is 1. The summed E-state index contributed by atoms with van der Waals surface area (Å²) in [6.07, 6.45) is 21.0. The highest BCUT2D eigenvalue weighted by atomic mass is 28.3. The quantitative estimate of drug-likeness (QED) is 0.128. The summed E-state index contributed by atoms with van der Waals surface area (Å²) in [4.78, 5) is 0. The van der Waals surface area contributed by atoms with Crippen molar-refractivity contribution in [2.45, 2.75) is 102 Å². The van der Waals surface area contributed by atoms with Gasteiger partial charge in [-0.1, -0.05) is 98.1 Å². The van der Waals surface area contributed by atoms with Gasteiger partial charge in [-0.25, -0.2) is 0 Å². The van der Waals surface area contributed by atoms with E-state index in [-0.39, 0.29) is 5.60 Å². The molecule has 2 atom stereocenters. The average molecular weight is 614 g/mol. The highest BCUT2D eigenvalue weighted by molar-refractivity contribution is 6.83. The van der Waals surface area contributed by atoms with Crippen LogP contribution in [0.1, 0.15) is 87.6 Å². The molecule has 0 N–H and O–H groups in total. The lowest BCUT2D eigenvalue weighted by Gasteiger charge is -2.40. The third-order valence-electron chi connectivity index (χ3n) is 11.1. The molecule has 0 radical (unpaired) electrons. The molecule has 3 aliphatic rings. The summed E-state index contributed by atoms with van der Waals surface area (Å²) in [5.41, 5.74) is 14.7. The molecular formula is C42H51NOSi. The average Bonchev–Trinajstić information content (AvgIpc) is 3.82. The van der Waals surface area contributed by atoms with Crippen molar-refractivity contribution < 1.29 is 4.74 Å². The van der Waals surface area contributed by atoms with Crippen LogP contribution in [0, 0.1) is 0 Å². The number of hydrogen-bond donors (Lipinski definition) is 0. The molecule has 45 heavy (non-hydrogen) atoms. The maximum absolute atomic E-state index is 6.00. The summed E-state index contributed by atoms with van der Waals surface area (Å²) in [6.45, 7) is 12.5. The zero-order valence-corrected chi connectivity index (χ0v) is 29.4. The lowest BCUT2D eigenvalue weighted by atomic mass is 9.89. The first kappa shape index (κ1) is 30.5. The molecule has 2 nitrogen and oxygen atoms in total. The van der Waals surface area contributed by atoms with Gasteiger partial charge >= 0.3 is 0 Å². The van der Waals surface area contributed by atoms with Crippen LogP contribution < -0.4 is 0 Å². The minimum absolute atomic E-state index is 0.0357. The van der Waals surface area contributed by atoms with Gasteiger partial charge in [0, 0.05) is 41.0 Å². The number of nitrogens with zero attached hydrogens (tertiary/aromatic N) is 1. The third kappa shape index (κ3) is 5.51. The molecule has 0 saturated carbocycles. The zero-order chi connectivity index (χ0) is 31.3. The van der Waals surface area contributed by atoms with E-state index >= 15 is 0 Å². The molecule has 3 aliphatic carbocycles. The van der Waals surface area contributed by atoms with Crippen LogP contribution >= 0.6 is 0 Å². The summed E-state index contributed by atoms with van der Waals surface area (Å²) >= 11 is 0. The Bertz CT molecular complexity index is 1830. The standard InChI is InChI=1S/C42H51NOSi/c1-29-26-36-37(41(29)45(6,32-17-9-10-18-32)25-14-8-7-13-24-44-42(2,3)4)27-30-16-15-20-33(30)40(36)31-22-23-39-35(28-31)34-19-11-12-21-38(34)43(39)5/h9-12,17-19,21-23,26-28,32,41H,7-8,13-16,20,24-25H2,1-6H3. The molecule has 0 bridgehead atoms. The summed E-state index contributed by atoms with van der Waals surface area (Å²) in [5, 5.41) is 2.73. The Balaban J connectivity index is 1.25. The SMILES string of the molecule is CC1=Cc2c(cc3c(c2-c2ccc4c(c2)c2ccccc2n4C)CCC3)C1[Si](C)(CCCCCCOC(C)(C)C)C1C=CC=C1. The Morgan fingerprint density at radius 2 is 1.64 bits per heavy atom. The maximum atomic E-state index is 6.00. The smallest absolute Gasteiger partial charge is 0.0740 e. The molecule has 3 aromatic carbocycles. The van der Waals surface area contributed by atoms with Gasteiger partial charge in [0.15, 0.2) is 0 Å². The number of hydrogen-bond acceptors (Lipinski definition) is 1. The Morgan fingerprint density at radius 1 is 0.889 bits per heavy atom. The van der Waals surface area contributed by atoms with Crippen LogP contribution in [-0.2, 0) is 24.6 Å². The number of aryl methyl sites for hydroxylation is 2. The molecule has 0 aliphatic heterocycles. The van der Waals surface area contributed by atoms with Crippen molar-refractivity contribution in [2.24, 2.45) is 7.05 Å². The van der Waals surface area contributed by atoms with E-state index in [0.717, 1.165) is 6.61 Å². The number of allylic oxidation sites excluding steroid dienone is 5. The van der Waals surface area contributed by atoms with Crippen molar-refractivity contribution in [3.05, 3.63) is 101 Å². The molecule has 0 spiro atoms. The summed E-state index contributed by atoms with van der Waals surface area (Å²) < 4.78 is 8.36. The number of rotatable bonds is 10. The van der Waals surface area contributed by atoms with Crippen LogP contribution in [0.2, 0.25) is 18.1 Å². The Morgan fingerprint density at radius 3 is 2.44 bits per heavy atom. The largest absolute Gasteiger partial charge is 0.376 e. The molecule has 234 valence electrons. The minimum Gasteiger partial charge on any atom is -0.376 e. The van der Waals surface area contributed by atoms with Gasteiger partial charge < -0.3 is 9.30 Å². The van der Waals surface area contributed by atoms with Crippen LogP contribution in [0.15, 0.2) is 78.4 Å². The zero-order valence-electron chi connectivity index (χ0n) is 28.4. The van der Waals surface area contributed by atoms with E-state index in [4.69, 9.17) is 4.74 Å². The van der Waals surface area contributed by atoms with Gasteiger partial charge in [-0.05, 0) is 110 Å². The first-order chi connectivity index (χ1) is 21.7. The topological polar surface area (TPSA) is 14.2 Å². The monoisotopic (exact) mass is 613 g/mol. The van der Waals surface area contributed by atoms with Crippen molar-refractivity contribution in [1.29, 1.82) is 0 Å². The summed E-state index contributed by atoms with van der Waals surface area (Å²) in [5.74, 6) is 0. The Labute approximate surface area is 271 Å². The summed E-state index contributed by atoms with van der Waals surface area (Å²) in [6, 6.07) is 20.2. The van der Waals surface area contributed by atoms with Crippen LogP contribution in [0.3, 0.4) is 0 Å². The van der Waals surface area contributed by atoms with Crippen molar-refractivity contribution in [1.82, 2.24) is 4.57 Å². The molecular weight excluding hydrogens is 563 g/mol. The van der Waals surface area contributed by atoms with Crippen LogP contribution in [-0.4, -0.2) is 24.8 Å². The predicted molar refractivity (Wildman–Crippen MR) is 197 cm³/mol. The molecule has 4 aromatic rings. The van der Waals surface area contributed by atoms with Gasteiger partial charge in [0.2, 0.25) is 0 Å². The number of benzene rings is 3. The van der Waals surface area contributed by atoms with Gasteiger partial charge in [0.25, 0.3) is 0 Å². The van der Waals surface area contributed by atoms with Gasteiger partial charge in [-0.3, -0.25) is 0 Å². The molecule has 7 rings (SSSR count). The fourth-order valence-corrected chi connectivity index (χ4v) is 14.2.